The highest BCUT2D eigenvalue weighted by Crippen LogP contribution is 2.33. The Morgan fingerprint density at radius 2 is 1.69 bits per heavy atom. The summed E-state index contributed by atoms with van der Waals surface area (Å²) in [6.07, 6.45) is 0. The number of carbonyl (C=O) groups excluding carboxylic acids is 1. The van der Waals surface area contributed by atoms with Crippen LogP contribution in [0.5, 0.6) is 11.5 Å². The molecule has 0 bridgehead atoms. The van der Waals surface area contributed by atoms with Gasteiger partial charge in [0.15, 0.2) is 11.5 Å². The summed E-state index contributed by atoms with van der Waals surface area (Å²) < 4.78 is 47.2. The molecule has 29 heavy (non-hydrogen) atoms. The monoisotopic (exact) mass is 436 g/mol. The summed E-state index contributed by atoms with van der Waals surface area (Å²) in [6.45, 7) is 1.67. The molecule has 0 spiro atoms. The van der Waals surface area contributed by atoms with Crippen LogP contribution in [0.4, 0.5) is 0 Å². The Morgan fingerprint density at radius 3 is 2.28 bits per heavy atom. The van der Waals surface area contributed by atoms with Crippen LogP contribution in [-0.2, 0) is 26.1 Å². The van der Waals surface area contributed by atoms with Crippen molar-refractivity contribution in [1.82, 2.24) is 4.57 Å². The predicted octanol–water partition coefficient (Wildman–Crippen LogP) is 2.49. The molecule has 8 nitrogen and oxygen atoms in total. The van der Waals surface area contributed by atoms with Crippen LogP contribution in [0.3, 0.4) is 0 Å². The lowest BCUT2D eigenvalue weighted by molar-refractivity contribution is -0.141. The Balaban J connectivity index is 2.27. The quantitative estimate of drug-likeness (QED) is 0.551. The van der Waals surface area contributed by atoms with Crippen LogP contribution in [0, 0.1) is 6.92 Å². The fourth-order valence-corrected chi connectivity index (χ4v) is 4.92. The molecule has 0 radical (unpaired) electrons. The third-order valence-corrected chi connectivity index (χ3v) is 6.66. The van der Waals surface area contributed by atoms with Gasteiger partial charge in [-0.3, -0.25) is 4.79 Å². The highest BCUT2D eigenvalue weighted by atomic mass is 32.2. The Bertz CT molecular complexity index is 1220. The molecule has 3 aromatic rings. The second kappa shape index (κ2) is 8.26. The Hall–Kier alpha value is -2.85. The van der Waals surface area contributed by atoms with E-state index in [4.69, 9.17) is 14.2 Å². The maximum Gasteiger partial charge on any atom is 0.325 e. The van der Waals surface area contributed by atoms with E-state index in [9.17, 15) is 13.2 Å². The van der Waals surface area contributed by atoms with Crippen molar-refractivity contribution in [1.29, 1.82) is 0 Å². The van der Waals surface area contributed by atoms with E-state index in [1.807, 2.05) is 6.92 Å². The van der Waals surface area contributed by atoms with Gasteiger partial charge in [-0.05, 0) is 19.1 Å². The third kappa shape index (κ3) is 4.28. The number of hydrogen-bond acceptors (Lipinski definition) is 7. The number of benzene rings is 2. The molecule has 0 fully saturated rings. The first-order chi connectivity index (χ1) is 13.8. The van der Waals surface area contributed by atoms with Gasteiger partial charge in [-0.15, -0.1) is 4.40 Å². The number of aromatic nitrogens is 1. The number of thiazole rings is 1. The molecule has 0 aliphatic heterocycles. The molecule has 0 aliphatic carbocycles. The van der Waals surface area contributed by atoms with Crippen LogP contribution >= 0.6 is 11.3 Å². The van der Waals surface area contributed by atoms with Crippen molar-refractivity contribution in [2.75, 3.05) is 21.3 Å². The average molecular weight is 437 g/mol. The molecule has 0 unspecified atom stereocenters. The summed E-state index contributed by atoms with van der Waals surface area (Å²) in [4.78, 5) is 12.2. The number of hydrogen-bond donors (Lipinski definition) is 0. The van der Waals surface area contributed by atoms with E-state index < -0.39 is 16.0 Å². The van der Waals surface area contributed by atoms with Gasteiger partial charge in [0.25, 0.3) is 10.0 Å². The van der Waals surface area contributed by atoms with Gasteiger partial charge in [0, 0.05) is 12.1 Å². The minimum absolute atomic E-state index is 0.0698. The van der Waals surface area contributed by atoms with Gasteiger partial charge in [0.05, 0.1) is 36.4 Å². The number of rotatable bonds is 6. The van der Waals surface area contributed by atoms with Crippen LogP contribution in [0.25, 0.3) is 10.2 Å². The number of methoxy groups -OCH3 is 3. The Kier molecular flexibility index (Phi) is 5.94. The van der Waals surface area contributed by atoms with E-state index >= 15 is 0 Å². The lowest BCUT2D eigenvalue weighted by Crippen LogP contribution is -2.22. The maximum atomic E-state index is 12.8. The molecule has 154 valence electrons. The van der Waals surface area contributed by atoms with Crippen LogP contribution in [0.1, 0.15) is 5.56 Å². The maximum absolute atomic E-state index is 12.8. The highest BCUT2D eigenvalue weighted by molar-refractivity contribution is 7.90. The number of ether oxygens (including phenoxy) is 3. The molecule has 0 atom stereocenters. The van der Waals surface area contributed by atoms with Gasteiger partial charge in [-0.25, -0.2) is 0 Å². The summed E-state index contributed by atoms with van der Waals surface area (Å²) in [5.41, 5.74) is 1.52. The topological polar surface area (TPSA) is 96.2 Å². The van der Waals surface area contributed by atoms with Crippen LogP contribution in [-0.4, -0.2) is 40.3 Å². The van der Waals surface area contributed by atoms with E-state index in [-0.39, 0.29) is 16.2 Å². The first kappa shape index (κ1) is 20.9. The first-order valence-electron chi connectivity index (χ1n) is 8.49. The van der Waals surface area contributed by atoms with E-state index in [1.165, 1.54) is 38.0 Å². The third-order valence-electron chi connectivity index (χ3n) is 4.22. The van der Waals surface area contributed by atoms with Crippen LogP contribution < -0.4 is 14.3 Å². The molecule has 0 saturated heterocycles. The smallest absolute Gasteiger partial charge is 0.325 e. The molecule has 3 rings (SSSR count). The van der Waals surface area contributed by atoms with Crippen molar-refractivity contribution in [3.05, 3.63) is 46.8 Å². The standard InChI is InChI=1S/C19H20N2O6S2/c1-12-5-7-13(8-6-12)29(23,24)20-19-21(11-18(22)27-4)14-9-15(25-2)16(26-3)10-17(14)28-19/h5-10H,11H2,1-4H3/b20-19-. The fourth-order valence-electron chi connectivity index (χ4n) is 2.68. The van der Waals surface area contributed by atoms with Gasteiger partial charge < -0.3 is 18.8 Å². The zero-order valence-electron chi connectivity index (χ0n) is 16.3. The number of fused-ring (bicyclic) bond motifs is 1. The van der Waals surface area contributed by atoms with E-state index in [0.717, 1.165) is 16.9 Å². The van der Waals surface area contributed by atoms with Crippen molar-refractivity contribution in [3.63, 3.8) is 0 Å². The second-order valence-corrected chi connectivity index (χ2v) is 8.71. The number of nitrogens with zero attached hydrogens (tertiary/aromatic N) is 2. The van der Waals surface area contributed by atoms with Gasteiger partial charge in [-0.2, -0.15) is 8.42 Å². The van der Waals surface area contributed by atoms with Crippen LogP contribution in [0.2, 0.25) is 0 Å². The normalized spacial score (nSPS) is 12.2. The number of sulfonamides is 1. The number of esters is 1. The molecule has 1 heterocycles. The zero-order valence-corrected chi connectivity index (χ0v) is 18.0. The molecule has 0 amide bonds. The zero-order chi connectivity index (χ0) is 21.2. The van der Waals surface area contributed by atoms with Crippen molar-refractivity contribution >= 4 is 37.5 Å². The largest absolute Gasteiger partial charge is 0.493 e. The molecule has 0 aliphatic rings. The van der Waals surface area contributed by atoms with Crippen molar-refractivity contribution < 1.29 is 27.4 Å². The Labute approximate surface area is 172 Å². The first-order valence-corrected chi connectivity index (χ1v) is 10.7. The minimum atomic E-state index is -3.97. The van der Waals surface area contributed by atoms with Crippen molar-refractivity contribution in [3.8, 4) is 11.5 Å². The van der Waals surface area contributed by atoms with Crippen LogP contribution in [0.15, 0.2) is 45.7 Å². The van der Waals surface area contributed by atoms with E-state index in [2.05, 4.69) is 4.40 Å². The molecule has 2 aromatic carbocycles. The van der Waals surface area contributed by atoms with Gasteiger partial charge >= 0.3 is 5.97 Å². The molecular weight excluding hydrogens is 416 g/mol. The van der Waals surface area contributed by atoms with Gasteiger partial charge in [0.1, 0.15) is 6.54 Å². The van der Waals surface area contributed by atoms with Gasteiger partial charge in [0.2, 0.25) is 4.80 Å². The lowest BCUT2D eigenvalue weighted by Gasteiger charge is -2.09. The molecular formula is C19H20N2O6S2. The summed E-state index contributed by atoms with van der Waals surface area (Å²) in [7, 11) is 0.291. The van der Waals surface area contributed by atoms with Crippen molar-refractivity contribution in [2.45, 2.75) is 18.4 Å². The molecule has 0 saturated carbocycles. The van der Waals surface area contributed by atoms with E-state index in [0.29, 0.717) is 21.7 Å². The predicted molar refractivity (Wildman–Crippen MR) is 109 cm³/mol. The van der Waals surface area contributed by atoms with E-state index in [1.54, 1.807) is 24.3 Å². The summed E-state index contributed by atoms with van der Waals surface area (Å²) in [5.74, 6) is 0.400. The molecule has 1 aromatic heterocycles. The van der Waals surface area contributed by atoms with Crippen molar-refractivity contribution in [2.24, 2.45) is 4.40 Å². The lowest BCUT2D eigenvalue weighted by atomic mass is 10.2. The number of aryl methyl sites for hydroxylation is 1. The minimum Gasteiger partial charge on any atom is -0.493 e. The number of carbonyl (C=O) groups is 1. The fraction of sp³-hybridized carbons (Fsp3) is 0.263. The second-order valence-electron chi connectivity index (χ2n) is 6.10. The highest BCUT2D eigenvalue weighted by Gasteiger charge is 2.18. The van der Waals surface area contributed by atoms with Gasteiger partial charge in [-0.1, -0.05) is 29.0 Å². The summed E-state index contributed by atoms with van der Waals surface area (Å²) in [6, 6.07) is 9.78. The molecule has 10 heteroatoms. The average Bonchev–Trinajstić information content (AvgIpc) is 3.02. The summed E-state index contributed by atoms with van der Waals surface area (Å²) in [5, 5.41) is 0. The summed E-state index contributed by atoms with van der Waals surface area (Å²) >= 11 is 1.12. The Morgan fingerprint density at radius 1 is 1.07 bits per heavy atom. The SMILES string of the molecule is COC(=O)Cn1/c(=N/S(=O)(=O)c2ccc(C)cc2)sc2cc(OC)c(OC)cc21. The molecule has 0 N–H and O–H groups in total.